The van der Waals surface area contributed by atoms with Crippen LogP contribution in [0.3, 0.4) is 0 Å². The van der Waals surface area contributed by atoms with Gasteiger partial charge in [0.05, 0.1) is 16.7 Å². The molecule has 0 fully saturated rings. The van der Waals surface area contributed by atoms with E-state index in [1.807, 2.05) is 66.2 Å². The van der Waals surface area contributed by atoms with Crippen molar-refractivity contribution in [3.05, 3.63) is 82.1 Å². The van der Waals surface area contributed by atoms with E-state index < -0.39 is 0 Å². The molecule has 0 spiro atoms. The van der Waals surface area contributed by atoms with Gasteiger partial charge in [-0.05, 0) is 58.7 Å². The van der Waals surface area contributed by atoms with Gasteiger partial charge in [0.25, 0.3) is 5.91 Å². The summed E-state index contributed by atoms with van der Waals surface area (Å²) in [4.78, 5) is 14.4. The summed E-state index contributed by atoms with van der Waals surface area (Å²) in [5, 5.41) is 4.24. The van der Waals surface area contributed by atoms with Gasteiger partial charge in [0.2, 0.25) is 0 Å². The predicted octanol–water partition coefficient (Wildman–Crippen LogP) is 4.52. The molecule has 0 aliphatic carbocycles. The van der Waals surface area contributed by atoms with Crippen molar-refractivity contribution in [1.82, 2.24) is 14.7 Å². The van der Waals surface area contributed by atoms with Gasteiger partial charge in [-0.3, -0.25) is 9.48 Å². The lowest BCUT2D eigenvalue weighted by Gasteiger charge is -2.18. The van der Waals surface area contributed by atoms with Gasteiger partial charge in [0.1, 0.15) is 12.4 Å². The first-order valence-electron chi connectivity index (χ1n) is 8.81. The topological polar surface area (TPSA) is 47.4 Å². The third kappa shape index (κ3) is 4.77. The Labute approximate surface area is 167 Å². The lowest BCUT2D eigenvalue weighted by Crippen LogP contribution is -2.27. The second kappa shape index (κ2) is 8.86. The molecule has 0 bridgehead atoms. The van der Waals surface area contributed by atoms with Gasteiger partial charge in [-0.2, -0.15) is 5.10 Å². The SMILES string of the molecule is CCn1nccc1CN(C)C(=O)c1ccc(COc2ccccc2Br)cc1. The number of amides is 1. The number of hydrogen-bond acceptors (Lipinski definition) is 3. The normalized spacial score (nSPS) is 10.6. The molecule has 5 nitrogen and oxygen atoms in total. The highest BCUT2D eigenvalue weighted by molar-refractivity contribution is 9.10. The molecular formula is C21H22BrN3O2. The van der Waals surface area contributed by atoms with E-state index in [9.17, 15) is 4.79 Å². The molecule has 140 valence electrons. The van der Waals surface area contributed by atoms with Crippen LogP contribution in [0.2, 0.25) is 0 Å². The number of rotatable bonds is 7. The highest BCUT2D eigenvalue weighted by Gasteiger charge is 2.14. The molecule has 0 atom stereocenters. The average molecular weight is 428 g/mol. The molecule has 3 rings (SSSR count). The van der Waals surface area contributed by atoms with Crippen LogP contribution >= 0.6 is 15.9 Å². The molecule has 3 aromatic rings. The number of ether oxygens (including phenoxy) is 1. The van der Waals surface area contributed by atoms with E-state index in [0.29, 0.717) is 18.7 Å². The van der Waals surface area contributed by atoms with Gasteiger partial charge < -0.3 is 9.64 Å². The number of hydrogen-bond donors (Lipinski definition) is 0. The van der Waals surface area contributed by atoms with Crippen LogP contribution in [0.1, 0.15) is 28.5 Å². The summed E-state index contributed by atoms with van der Waals surface area (Å²) in [5.41, 5.74) is 2.69. The summed E-state index contributed by atoms with van der Waals surface area (Å²) >= 11 is 3.47. The van der Waals surface area contributed by atoms with Crippen molar-refractivity contribution in [3.63, 3.8) is 0 Å². The Morgan fingerprint density at radius 2 is 1.89 bits per heavy atom. The van der Waals surface area contributed by atoms with Crippen molar-refractivity contribution in [1.29, 1.82) is 0 Å². The van der Waals surface area contributed by atoms with Gasteiger partial charge in [-0.25, -0.2) is 0 Å². The molecule has 0 saturated carbocycles. The van der Waals surface area contributed by atoms with E-state index in [1.165, 1.54) is 0 Å². The molecule has 1 amide bonds. The fourth-order valence-corrected chi connectivity index (χ4v) is 3.18. The fraction of sp³-hybridized carbons (Fsp3) is 0.238. The zero-order valence-corrected chi connectivity index (χ0v) is 17.0. The minimum atomic E-state index is -0.0166. The van der Waals surface area contributed by atoms with Crippen molar-refractivity contribution in [2.45, 2.75) is 26.6 Å². The molecule has 27 heavy (non-hydrogen) atoms. The van der Waals surface area contributed by atoms with E-state index in [0.717, 1.165) is 28.0 Å². The summed E-state index contributed by atoms with van der Waals surface area (Å²) in [6.45, 7) is 3.80. The Hall–Kier alpha value is -2.60. The molecule has 0 radical (unpaired) electrons. The van der Waals surface area contributed by atoms with Crippen LogP contribution in [0.15, 0.2) is 65.3 Å². The fourth-order valence-electron chi connectivity index (χ4n) is 2.78. The maximum Gasteiger partial charge on any atom is 0.253 e. The van der Waals surface area contributed by atoms with Gasteiger partial charge in [-0.1, -0.05) is 24.3 Å². The molecule has 2 aromatic carbocycles. The Kier molecular flexibility index (Phi) is 6.29. The van der Waals surface area contributed by atoms with Crippen LogP contribution in [-0.4, -0.2) is 27.6 Å². The largest absolute Gasteiger partial charge is 0.488 e. The van der Waals surface area contributed by atoms with Crippen LogP contribution < -0.4 is 4.74 Å². The molecule has 6 heteroatoms. The van der Waals surface area contributed by atoms with E-state index in [2.05, 4.69) is 21.0 Å². The summed E-state index contributed by atoms with van der Waals surface area (Å²) in [6, 6.07) is 17.2. The zero-order chi connectivity index (χ0) is 19.2. The molecule has 0 unspecified atom stereocenters. The predicted molar refractivity (Wildman–Crippen MR) is 109 cm³/mol. The summed E-state index contributed by atoms with van der Waals surface area (Å²) < 4.78 is 8.63. The van der Waals surface area contributed by atoms with E-state index in [4.69, 9.17) is 4.74 Å². The van der Waals surface area contributed by atoms with Crippen LogP contribution in [0.5, 0.6) is 5.75 Å². The van der Waals surface area contributed by atoms with Crippen LogP contribution in [-0.2, 0) is 19.7 Å². The summed E-state index contributed by atoms with van der Waals surface area (Å²) in [7, 11) is 1.80. The number of carbonyl (C=O) groups is 1. The van der Waals surface area contributed by atoms with Gasteiger partial charge >= 0.3 is 0 Å². The van der Waals surface area contributed by atoms with Crippen LogP contribution in [0.4, 0.5) is 0 Å². The Morgan fingerprint density at radius 1 is 1.15 bits per heavy atom. The first-order valence-corrected chi connectivity index (χ1v) is 9.60. The Balaban J connectivity index is 1.60. The standard InChI is InChI=1S/C21H22BrN3O2/c1-3-25-18(12-13-23-25)14-24(2)21(26)17-10-8-16(9-11-17)15-27-20-7-5-4-6-19(20)22/h4-13H,3,14-15H2,1-2H3. The first-order chi connectivity index (χ1) is 13.1. The zero-order valence-electron chi connectivity index (χ0n) is 15.4. The van der Waals surface area contributed by atoms with E-state index >= 15 is 0 Å². The minimum absolute atomic E-state index is 0.0166. The molecule has 0 aliphatic rings. The van der Waals surface area contributed by atoms with Gasteiger partial charge in [0, 0.05) is 25.4 Å². The van der Waals surface area contributed by atoms with E-state index in [1.54, 1.807) is 18.1 Å². The second-order valence-electron chi connectivity index (χ2n) is 6.22. The first kappa shape index (κ1) is 19.2. The van der Waals surface area contributed by atoms with Crippen LogP contribution in [0, 0.1) is 0 Å². The molecular weight excluding hydrogens is 406 g/mol. The average Bonchev–Trinajstić information content (AvgIpc) is 3.14. The monoisotopic (exact) mass is 427 g/mol. The number of carbonyl (C=O) groups excluding carboxylic acids is 1. The highest BCUT2D eigenvalue weighted by atomic mass is 79.9. The molecule has 0 aliphatic heterocycles. The molecule has 1 heterocycles. The molecule has 1 aromatic heterocycles. The molecule has 0 N–H and O–H groups in total. The summed E-state index contributed by atoms with van der Waals surface area (Å²) in [6.07, 6.45) is 1.76. The van der Waals surface area contributed by atoms with Crippen molar-refractivity contribution in [2.24, 2.45) is 0 Å². The number of nitrogens with zero attached hydrogens (tertiary/aromatic N) is 3. The third-order valence-electron chi connectivity index (χ3n) is 4.28. The van der Waals surface area contributed by atoms with Crippen molar-refractivity contribution in [3.8, 4) is 5.75 Å². The quantitative estimate of drug-likeness (QED) is 0.556. The van der Waals surface area contributed by atoms with Crippen molar-refractivity contribution in [2.75, 3.05) is 7.05 Å². The number of halogens is 1. The smallest absolute Gasteiger partial charge is 0.253 e. The van der Waals surface area contributed by atoms with Crippen molar-refractivity contribution < 1.29 is 9.53 Å². The summed E-state index contributed by atoms with van der Waals surface area (Å²) in [5.74, 6) is 0.780. The maximum absolute atomic E-state index is 12.7. The second-order valence-corrected chi connectivity index (χ2v) is 7.07. The number of aromatic nitrogens is 2. The maximum atomic E-state index is 12.7. The lowest BCUT2D eigenvalue weighted by molar-refractivity contribution is 0.0781. The number of benzene rings is 2. The van der Waals surface area contributed by atoms with Crippen LogP contribution in [0.25, 0.3) is 0 Å². The van der Waals surface area contributed by atoms with Gasteiger partial charge in [-0.15, -0.1) is 0 Å². The van der Waals surface area contributed by atoms with Gasteiger partial charge in [0.15, 0.2) is 0 Å². The molecule has 0 saturated heterocycles. The number of aryl methyl sites for hydroxylation is 1. The van der Waals surface area contributed by atoms with E-state index in [-0.39, 0.29) is 5.91 Å². The highest BCUT2D eigenvalue weighted by Crippen LogP contribution is 2.24. The number of para-hydroxylation sites is 1. The Bertz CT molecular complexity index is 906. The Morgan fingerprint density at radius 3 is 2.59 bits per heavy atom. The third-order valence-corrected chi connectivity index (χ3v) is 4.94. The lowest BCUT2D eigenvalue weighted by atomic mass is 10.1. The van der Waals surface area contributed by atoms with Crippen molar-refractivity contribution >= 4 is 21.8 Å². The minimum Gasteiger partial charge on any atom is -0.488 e.